The van der Waals surface area contributed by atoms with Gasteiger partial charge in [-0.2, -0.15) is 0 Å². The van der Waals surface area contributed by atoms with Crippen LogP contribution in [0.25, 0.3) is 0 Å². The number of likely N-dealkylation sites (N-methyl/N-ethyl adjacent to an activating group) is 1. The first kappa shape index (κ1) is 15.5. The Morgan fingerprint density at radius 1 is 1.26 bits per heavy atom. The van der Waals surface area contributed by atoms with Gasteiger partial charge >= 0.3 is 5.97 Å². The standard InChI is InChI=1S/C14H18ClNO3/c1-2-16(10-14(18)19)13(17)5-3-4-11-6-8-12(15)9-7-11/h6-9H,2-5,10H2,1H3,(H,18,19). The number of aliphatic carboxylic acids is 1. The summed E-state index contributed by atoms with van der Waals surface area (Å²) >= 11 is 5.79. The lowest BCUT2D eigenvalue weighted by Crippen LogP contribution is -2.35. The zero-order valence-corrected chi connectivity index (χ0v) is 11.7. The van der Waals surface area contributed by atoms with Gasteiger partial charge in [0.1, 0.15) is 6.54 Å². The molecule has 1 N–H and O–H groups in total. The van der Waals surface area contributed by atoms with Crippen LogP contribution < -0.4 is 0 Å². The van der Waals surface area contributed by atoms with E-state index < -0.39 is 5.97 Å². The molecule has 0 heterocycles. The zero-order chi connectivity index (χ0) is 14.3. The lowest BCUT2D eigenvalue weighted by Gasteiger charge is -2.18. The van der Waals surface area contributed by atoms with Crippen LogP contribution in [0.2, 0.25) is 5.02 Å². The predicted octanol–water partition coefficient (Wildman–Crippen LogP) is 2.60. The summed E-state index contributed by atoms with van der Waals surface area (Å²) in [5.74, 6) is -1.09. The Morgan fingerprint density at radius 2 is 1.89 bits per heavy atom. The Hall–Kier alpha value is -1.55. The summed E-state index contributed by atoms with van der Waals surface area (Å²) in [5.41, 5.74) is 1.12. The smallest absolute Gasteiger partial charge is 0.323 e. The van der Waals surface area contributed by atoms with Gasteiger partial charge in [-0.15, -0.1) is 0 Å². The van der Waals surface area contributed by atoms with Crippen LogP contribution in [0.3, 0.4) is 0 Å². The molecule has 4 nitrogen and oxygen atoms in total. The normalized spacial score (nSPS) is 10.2. The van der Waals surface area contributed by atoms with Crippen LogP contribution in [0.4, 0.5) is 0 Å². The van der Waals surface area contributed by atoms with E-state index in [9.17, 15) is 9.59 Å². The Bertz CT molecular complexity index is 431. The van der Waals surface area contributed by atoms with E-state index in [1.165, 1.54) is 4.90 Å². The van der Waals surface area contributed by atoms with E-state index in [4.69, 9.17) is 16.7 Å². The van der Waals surface area contributed by atoms with Crippen molar-refractivity contribution >= 4 is 23.5 Å². The van der Waals surface area contributed by atoms with Crippen molar-refractivity contribution in [2.45, 2.75) is 26.2 Å². The number of amides is 1. The fraction of sp³-hybridized carbons (Fsp3) is 0.429. The number of rotatable bonds is 7. The van der Waals surface area contributed by atoms with E-state index in [0.29, 0.717) is 24.4 Å². The van der Waals surface area contributed by atoms with E-state index in [1.807, 2.05) is 24.3 Å². The summed E-state index contributed by atoms with van der Waals surface area (Å²) in [6, 6.07) is 7.51. The fourth-order valence-electron chi connectivity index (χ4n) is 1.79. The van der Waals surface area contributed by atoms with Gasteiger partial charge in [-0.25, -0.2) is 0 Å². The molecule has 0 aliphatic carbocycles. The number of carboxylic acids is 1. The Labute approximate surface area is 118 Å². The van der Waals surface area contributed by atoms with Crippen molar-refractivity contribution < 1.29 is 14.7 Å². The molecule has 0 radical (unpaired) electrons. The Morgan fingerprint density at radius 3 is 2.42 bits per heavy atom. The molecule has 0 spiro atoms. The molecule has 104 valence electrons. The highest BCUT2D eigenvalue weighted by atomic mass is 35.5. The van der Waals surface area contributed by atoms with Gasteiger partial charge in [-0.3, -0.25) is 9.59 Å². The maximum absolute atomic E-state index is 11.8. The number of hydrogen-bond donors (Lipinski definition) is 1. The third kappa shape index (κ3) is 5.75. The molecule has 0 aromatic heterocycles. The topological polar surface area (TPSA) is 57.6 Å². The maximum atomic E-state index is 11.8. The first-order chi connectivity index (χ1) is 9.02. The van der Waals surface area contributed by atoms with Crippen molar-refractivity contribution in [2.24, 2.45) is 0 Å². The van der Waals surface area contributed by atoms with Crippen molar-refractivity contribution in [1.29, 1.82) is 0 Å². The van der Waals surface area contributed by atoms with Gasteiger partial charge in [0.05, 0.1) is 0 Å². The van der Waals surface area contributed by atoms with Crippen LogP contribution in [0.1, 0.15) is 25.3 Å². The average Bonchev–Trinajstić information content (AvgIpc) is 2.38. The third-order valence-electron chi connectivity index (χ3n) is 2.83. The van der Waals surface area contributed by atoms with Crippen LogP contribution in [0, 0.1) is 0 Å². The first-order valence-corrected chi connectivity index (χ1v) is 6.64. The van der Waals surface area contributed by atoms with Crippen LogP contribution in [-0.2, 0) is 16.0 Å². The molecule has 1 aromatic carbocycles. The molecule has 0 aliphatic heterocycles. The van der Waals surface area contributed by atoms with Crippen LogP contribution >= 0.6 is 11.6 Å². The molecule has 1 amide bonds. The number of aryl methyl sites for hydroxylation is 1. The molecule has 0 saturated carbocycles. The predicted molar refractivity (Wildman–Crippen MR) is 74.3 cm³/mol. The molecule has 1 aromatic rings. The van der Waals surface area contributed by atoms with E-state index in [1.54, 1.807) is 6.92 Å². The van der Waals surface area contributed by atoms with Crippen molar-refractivity contribution in [3.05, 3.63) is 34.9 Å². The van der Waals surface area contributed by atoms with Gasteiger partial charge in [0.2, 0.25) is 5.91 Å². The SMILES string of the molecule is CCN(CC(=O)O)C(=O)CCCc1ccc(Cl)cc1. The fourth-order valence-corrected chi connectivity index (χ4v) is 1.92. The number of nitrogens with zero attached hydrogens (tertiary/aromatic N) is 1. The molecule has 0 unspecified atom stereocenters. The zero-order valence-electron chi connectivity index (χ0n) is 10.9. The number of halogens is 1. The molecule has 0 aliphatic rings. The second-order valence-corrected chi connectivity index (χ2v) is 4.72. The second kappa shape index (κ2) is 7.79. The van der Waals surface area contributed by atoms with Gasteiger partial charge in [0.15, 0.2) is 0 Å². The summed E-state index contributed by atoms with van der Waals surface area (Å²) < 4.78 is 0. The Balaban J connectivity index is 2.37. The van der Waals surface area contributed by atoms with E-state index in [-0.39, 0.29) is 12.5 Å². The van der Waals surface area contributed by atoms with Crippen molar-refractivity contribution in [3.8, 4) is 0 Å². The highest BCUT2D eigenvalue weighted by Crippen LogP contribution is 2.12. The first-order valence-electron chi connectivity index (χ1n) is 6.27. The minimum Gasteiger partial charge on any atom is -0.480 e. The van der Waals surface area contributed by atoms with E-state index in [0.717, 1.165) is 12.0 Å². The van der Waals surface area contributed by atoms with Gasteiger partial charge in [-0.1, -0.05) is 23.7 Å². The van der Waals surface area contributed by atoms with Crippen molar-refractivity contribution in [1.82, 2.24) is 4.90 Å². The monoisotopic (exact) mass is 283 g/mol. The molecule has 0 fully saturated rings. The number of carboxylic acid groups (broad SMARTS) is 1. The van der Waals surface area contributed by atoms with Crippen LogP contribution in [-0.4, -0.2) is 35.0 Å². The van der Waals surface area contributed by atoms with Gasteiger partial charge < -0.3 is 10.0 Å². The summed E-state index contributed by atoms with van der Waals surface area (Å²) in [5, 5.41) is 9.38. The largest absolute Gasteiger partial charge is 0.480 e. The van der Waals surface area contributed by atoms with Crippen molar-refractivity contribution in [2.75, 3.05) is 13.1 Å². The highest BCUT2D eigenvalue weighted by Gasteiger charge is 2.14. The molecule has 1 rings (SSSR count). The molecule has 5 heteroatoms. The summed E-state index contributed by atoms with van der Waals surface area (Å²) in [4.78, 5) is 23.7. The number of carbonyl (C=O) groups excluding carboxylic acids is 1. The minimum absolute atomic E-state index is 0.112. The van der Waals surface area contributed by atoms with Gasteiger partial charge in [0.25, 0.3) is 0 Å². The second-order valence-electron chi connectivity index (χ2n) is 4.28. The molecule has 19 heavy (non-hydrogen) atoms. The number of hydrogen-bond acceptors (Lipinski definition) is 2. The molecule has 0 bridgehead atoms. The molecule has 0 saturated heterocycles. The lowest BCUT2D eigenvalue weighted by atomic mass is 10.1. The van der Waals surface area contributed by atoms with Gasteiger partial charge in [0, 0.05) is 18.0 Å². The van der Waals surface area contributed by atoms with E-state index in [2.05, 4.69) is 0 Å². The minimum atomic E-state index is -0.979. The third-order valence-corrected chi connectivity index (χ3v) is 3.08. The Kier molecular flexibility index (Phi) is 6.36. The molecular formula is C14H18ClNO3. The van der Waals surface area contributed by atoms with E-state index >= 15 is 0 Å². The lowest BCUT2D eigenvalue weighted by molar-refractivity contribution is -0.144. The number of benzene rings is 1. The molecule has 0 atom stereocenters. The number of carbonyl (C=O) groups is 2. The van der Waals surface area contributed by atoms with Crippen LogP contribution in [0.5, 0.6) is 0 Å². The van der Waals surface area contributed by atoms with Crippen LogP contribution in [0.15, 0.2) is 24.3 Å². The average molecular weight is 284 g/mol. The summed E-state index contributed by atoms with van der Waals surface area (Å²) in [6.07, 6.45) is 1.86. The summed E-state index contributed by atoms with van der Waals surface area (Å²) in [6.45, 7) is 1.97. The highest BCUT2D eigenvalue weighted by molar-refractivity contribution is 6.30. The molecular weight excluding hydrogens is 266 g/mol. The van der Waals surface area contributed by atoms with Gasteiger partial charge in [-0.05, 0) is 37.5 Å². The van der Waals surface area contributed by atoms with Crippen molar-refractivity contribution in [3.63, 3.8) is 0 Å². The quantitative estimate of drug-likeness (QED) is 0.837. The summed E-state index contributed by atoms with van der Waals surface area (Å²) in [7, 11) is 0. The maximum Gasteiger partial charge on any atom is 0.323 e.